The Morgan fingerprint density at radius 1 is 1.29 bits per heavy atom. The summed E-state index contributed by atoms with van der Waals surface area (Å²) < 4.78 is 1.08. The number of halogens is 1. The summed E-state index contributed by atoms with van der Waals surface area (Å²) in [6.07, 6.45) is 3.37. The van der Waals surface area contributed by atoms with Gasteiger partial charge < -0.3 is 11.5 Å². The minimum absolute atomic E-state index is 0.795. The van der Waals surface area contributed by atoms with Crippen molar-refractivity contribution < 1.29 is 0 Å². The number of nitrogen functional groups attached to an aromatic ring is 1. The molecule has 0 unspecified atom stereocenters. The second-order valence-electron chi connectivity index (χ2n) is 4.65. The predicted molar refractivity (Wildman–Crippen MR) is 75.8 cm³/mol. The summed E-state index contributed by atoms with van der Waals surface area (Å²) in [5.41, 5.74) is 15.2. The van der Waals surface area contributed by atoms with Gasteiger partial charge in [-0.3, -0.25) is 4.90 Å². The normalized spacial score (nSPS) is 15.9. The first-order valence-electron chi connectivity index (χ1n) is 6.20. The van der Waals surface area contributed by atoms with Gasteiger partial charge in [0.1, 0.15) is 0 Å². The van der Waals surface area contributed by atoms with Crippen LogP contribution >= 0.6 is 15.9 Å². The van der Waals surface area contributed by atoms with E-state index in [4.69, 9.17) is 11.5 Å². The molecule has 0 saturated heterocycles. The maximum atomic E-state index is 6.04. The van der Waals surface area contributed by atoms with E-state index in [0.29, 0.717) is 0 Å². The number of fused-ring (bicyclic) bond motifs is 1. The second kappa shape index (κ2) is 5.85. The summed E-state index contributed by atoms with van der Waals surface area (Å²) in [5, 5.41) is 0. The minimum Gasteiger partial charge on any atom is -0.398 e. The second-order valence-corrected chi connectivity index (χ2v) is 5.57. The predicted octanol–water partition coefficient (Wildman–Crippen LogP) is 2.13. The van der Waals surface area contributed by atoms with Crippen molar-refractivity contribution in [1.82, 2.24) is 4.90 Å². The molecule has 1 aromatic rings. The highest BCUT2D eigenvalue weighted by molar-refractivity contribution is 9.10. The van der Waals surface area contributed by atoms with Gasteiger partial charge in [0.25, 0.3) is 0 Å². The van der Waals surface area contributed by atoms with E-state index in [0.717, 1.165) is 49.2 Å². The SMILES string of the molecule is NCCCCN1CCc2c(N)cc(Br)cc2C1. The van der Waals surface area contributed by atoms with Crippen LogP contribution in [0.15, 0.2) is 16.6 Å². The van der Waals surface area contributed by atoms with E-state index in [1.54, 1.807) is 0 Å². The molecule has 4 N–H and O–H groups in total. The third kappa shape index (κ3) is 3.21. The molecule has 3 nitrogen and oxygen atoms in total. The molecule has 0 aromatic heterocycles. The number of hydrogen-bond acceptors (Lipinski definition) is 3. The van der Waals surface area contributed by atoms with Crippen LogP contribution in [0.5, 0.6) is 0 Å². The Bertz CT molecular complexity index is 392. The summed E-state index contributed by atoms with van der Waals surface area (Å²) in [4.78, 5) is 2.49. The highest BCUT2D eigenvalue weighted by Crippen LogP contribution is 2.28. The first-order chi connectivity index (χ1) is 8.20. The van der Waals surface area contributed by atoms with Crippen molar-refractivity contribution in [2.24, 2.45) is 5.73 Å². The number of unbranched alkanes of at least 4 members (excludes halogenated alkanes) is 1. The summed E-state index contributed by atoms with van der Waals surface area (Å²) in [7, 11) is 0. The lowest BCUT2D eigenvalue weighted by molar-refractivity contribution is 0.250. The van der Waals surface area contributed by atoms with E-state index in [2.05, 4.69) is 26.9 Å². The molecule has 1 aromatic carbocycles. The lowest BCUT2D eigenvalue weighted by Gasteiger charge is -2.29. The third-order valence-electron chi connectivity index (χ3n) is 3.34. The Labute approximate surface area is 111 Å². The number of anilines is 1. The average molecular weight is 298 g/mol. The first-order valence-corrected chi connectivity index (χ1v) is 6.99. The maximum Gasteiger partial charge on any atom is 0.0361 e. The largest absolute Gasteiger partial charge is 0.398 e. The van der Waals surface area contributed by atoms with Gasteiger partial charge in [0.05, 0.1) is 0 Å². The van der Waals surface area contributed by atoms with Gasteiger partial charge in [-0.25, -0.2) is 0 Å². The van der Waals surface area contributed by atoms with Gasteiger partial charge in [0, 0.05) is 23.2 Å². The topological polar surface area (TPSA) is 55.3 Å². The number of nitrogens with zero attached hydrogens (tertiary/aromatic N) is 1. The Morgan fingerprint density at radius 3 is 2.88 bits per heavy atom. The number of nitrogens with two attached hydrogens (primary N) is 2. The molecule has 0 atom stereocenters. The third-order valence-corrected chi connectivity index (χ3v) is 3.80. The minimum atomic E-state index is 0.795. The monoisotopic (exact) mass is 297 g/mol. The van der Waals surface area contributed by atoms with E-state index in [-0.39, 0.29) is 0 Å². The summed E-state index contributed by atoms with van der Waals surface area (Å²) in [6.45, 7) is 4.07. The maximum absolute atomic E-state index is 6.04. The molecule has 0 amide bonds. The fourth-order valence-electron chi connectivity index (χ4n) is 2.42. The van der Waals surface area contributed by atoms with Crippen LogP contribution in [0.4, 0.5) is 5.69 Å². The van der Waals surface area contributed by atoms with Crippen molar-refractivity contribution in [1.29, 1.82) is 0 Å². The molecule has 1 heterocycles. The van der Waals surface area contributed by atoms with Gasteiger partial charge in [-0.1, -0.05) is 15.9 Å². The molecular weight excluding hydrogens is 278 g/mol. The van der Waals surface area contributed by atoms with Crippen molar-refractivity contribution in [3.05, 3.63) is 27.7 Å². The highest BCUT2D eigenvalue weighted by atomic mass is 79.9. The average Bonchev–Trinajstić information content (AvgIpc) is 2.28. The van der Waals surface area contributed by atoms with Gasteiger partial charge in [0.2, 0.25) is 0 Å². The molecule has 0 aliphatic carbocycles. The van der Waals surface area contributed by atoms with Gasteiger partial charge >= 0.3 is 0 Å². The molecule has 0 radical (unpaired) electrons. The fourth-order valence-corrected chi connectivity index (χ4v) is 2.95. The molecule has 94 valence electrons. The van der Waals surface area contributed by atoms with Crippen LogP contribution in [0, 0.1) is 0 Å². The van der Waals surface area contributed by atoms with E-state index in [1.807, 2.05) is 6.07 Å². The number of hydrogen-bond donors (Lipinski definition) is 2. The van der Waals surface area contributed by atoms with Gasteiger partial charge in [-0.05, 0) is 55.6 Å². The summed E-state index contributed by atoms with van der Waals surface area (Å²) in [6, 6.07) is 4.20. The zero-order valence-corrected chi connectivity index (χ0v) is 11.7. The molecule has 0 spiro atoms. The molecule has 1 aliphatic heterocycles. The lowest BCUT2D eigenvalue weighted by atomic mass is 9.98. The van der Waals surface area contributed by atoms with Gasteiger partial charge in [-0.2, -0.15) is 0 Å². The van der Waals surface area contributed by atoms with Crippen LogP contribution in [-0.2, 0) is 13.0 Å². The van der Waals surface area contributed by atoms with E-state index >= 15 is 0 Å². The Hall–Kier alpha value is -0.580. The Morgan fingerprint density at radius 2 is 2.12 bits per heavy atom. The zero-order valence-electron chi connectivity index (χ0n) is 10.1. The van der Waals surface area contributed by atoms with Crippen molar-refractivity contribution in [2.45, 2.75) is 25.8 Å². The van der Waals surface area contributed by atoms with Crippen molar-refractivity contribution >= 4 is 21.6 Å². The molecule has 0 fully saturated rings. The first kappa shape index (κ1) is 12.9. The van der Waals surface area contributed by atoms with Crippen LogP contribution in [0.1, 0.15) is 24.0 Å². The van der Waals surface area contributed by atoms with Crippen molar-refractivity contribution in [3.63, 3.8) is 0 Å². The molecule has 0 bridgehead atoms. The van der Waals surface area contributed by atoms with Gasteiger partial charge in [0.15, 0.2) is 0 Å². The van der Waals surface area contributed by atoms with Crippen LogP contribution in [0.2, 0.25) is 0 Å². The fraction of sp³-hybridized carbons (Fsp3) is 0.538. The highest BCUT2D eigenvalue weighted by Gasteiger charge is 2.18. The number of benzene rings is 1. The molecule has 4 heteroatoms. The van der Waals surface area contributed by atoms with Crippen LogP contribution in [-0.4, -0.2) is 24.5 Å². The smallest absolute Gasteiger partial charge is 0.0361 e. The van der Waals surface area contributed by atoms with Crippen LogP contribution < -0.4 is 11.5 Å². The van der Waals surface area contributed by atoms with E-state index in [1.165, 1.54) is 17.5 Å². The standard InChI is InChI=1S/C13H20BrN3/c14-11-7-10-9-17(5-2-1-4-15)6-3-12(10)13(16)8-11/h7-8H,1-6,9,15-16H2. The summed E-state index contributed by atoms with van der Waals surface area (Å²) >= 11 is 3.51. The molecule has 0 saturated carbocycles. The quantitative estimate of drug-likeness (QED) is 0.661. The molecule has 17 heavy (non-hydrogen) atoms. The number of rotatable bonds is 4. The van der Waals surface area contributed by atoms with E-state index < -0.39 is 0 Å². The van der Waals surface area contributed by atoms with Gasteiger partial charge in [-0.15, -0.1) is 0 Å². The molecule has 1 aliphatic rings. The van der Waals surface area contributed by atoms with E-state index in [9.17, 15) is 0 Å². The summed E-state index contributed by atoms with van der Waals surface area (Å²) in [5.74, 6) is 0. The Kier molecular flexibility index (Phi) is 4.42. The lowest BCUT2D eigenvalue weighted by Crippen LogP contribution is -2.32. The van der Waals surface area contributed by atoms with Crippen LogP contribution in [0.3, 0.4) is 0 Å². The zero-order chi connectivity index (χ0) is 12.3. The Balaban J connectivity index is 2.03. The molecule has 2 rings (SSSR count). The van der Waals surface area contributed by atoms with Crippen molar-refractivity contribution in [3.8, 4) is 0 Å². The van der Waals surface area contributed by atoms with Crippen LogP contribution in [0.25, 0.3) is 0 Å². The molecular formula is C13H20BrN3. The van der Waals surface area contributed by atoms with Crippen molar-refractivity contribution in [2.75, 3.05) is 25.4 Å².